The van der Waals surface area contributed by atoms with Gasteiger partial charge >= 0.3 is 5.97 Å². The summed E-state index contributed by atoms with van der Waals surface area (Å²) in [7, 11) is 0. The van der Waals surface area contributed by atoms with Crippen molar-refractivity contribution in [3.05, 3.63) is 18.2 Å². The molecule has 17 nitrogen and oxygen atoms in total. The number of nitrogens with two attached hydrogens (primary N) is 3. The third-order valence-corrected chi connectivity index (χ3v) is 6.61. The van der Waals surface area contributed by atoms with Gasteiger partial charge in [0.05, 0.1) is 18.5 Å². The molecule has 0 aliphatic carbocycles. The van der Waals surface area contributed by atoms with E-state index in [9.17, 15) is 39.0 Å². The number of aromatic amines is 1. The van der Waals surface area contributed by atoms with Crippen molar-refractivity contribution in [2.24, 2.45) is 23.1 Å². The summed E-state index contributed by atoms with van der Waals surface area (Å²) in [6.45, 7) is 5.14. The molecule has 0 aliphatic heterocycles. The number of aliphatic carboxylic acids is 1. The predicted octanol–water partition coefficient (Wildman–Crippen LogP) is -2.88. The molecule has 0 aliphatic rings. The van der Waals surface area contributed by atoms with Crippen LogP contribution in [0.3, 0.4) is 0 Å². The second kappa shape index (κ2) is 19.2. The number of nitrogens with one attached hydrogen (secondary N) is 5. The Balaban J connectivity index is 3.12. The highest BCUT2D eigenvalue weighted by Gasteiger charge is 2.33. The van der Waals surface area contributed by atoms with Crippen molar-refractivity contribution in [3.63, 3.8) is 0 Å². The summed E-state index contributed by atoms with van der Waals surface area (Å²) >= 11 is 0. The molecule has 5 amide bonds. The van der Waals surface area contributed by atoms with Crippen LogP contribution in [0.15, 0.2) is 12.5 Å². The molecule has 1 heterocycles. The van der Waals surface area contributed by atoms with Gasteiger partial charge in [0.15, 0.2) is 6.04 Å². The van der Waals surface area contributed by atoms with Crippen molar-refractivity contribution in [2.45, 2.75) is 102 Å². The number of primary amides is 1. The van der Waals surface area contributed by atoms with E-state index in [2.05, 4.69) is 31.2 Å². The fourth-order valence-electron chi connectivity index (χ4n) is 4.21. The van der Waals surface area contributed by atoms with Crippen LogP contribution in [-0.4, -0.2) is 98.5 Å². The van der Waals surface area contributed by atoms with Crippen LogP contribution in [0.1, 0.15) is 65.0 Å². The number of aliphatic hydroxyl groups is 1. The first kappa shape index (κ1) is 37.9. The molecule has 1 aromatic heterocycles. The van der Waals surface area contributed by atoms with E-state index >= 15 is 0 Å². The molecule has 44 heavy (non-hydrogen) atoms. The average Bonchev–Trinajstić information content (AvgIpc) is 3.44. The zero-order valence-corrected chi connectivity index (χ0v) is 25.4. The number of carbonyl (C=O) groups excluding carboxylic acids is 5. The maximum absolute atomic E-state index is 13.4. The van der Waals surface area contributed by atoms with Gasteiger partial charge < -0.3 is 53.7 Å². The molecule has 0 saturated heterocycles. The summed E-state index contributed by atoms with van der Waals surface area (Å²) in [6, 6.07) is -6.32. The molecule has 248 valence electrons. The lowest BCUT2D eigenvalue weighted by Crippen LogP contribution is -2.59. The Bertz CT molecular complexity index is 1100. The van der Waals surface area contributed by atoms with Gasteiger partial charge in [-0.15, -0.1) is 0 Å². The maximum Gasteiger partial charge on any atom is 0.328 e. The van der Waals surface area contributed by atoms with Crippen LogP contribution < -0.4 is 38.5 Å². The van der Waals surface area contributed by atoms with Crippen LogP contribution in [0.5, 0.6) is 0 Å². The number of H-pyrrole nitrogens is 1. The highest BCUT2D eigenvalue weighted by molar-refractivity contribution is 5.95. The summed E-state index contributed by atoms with van der Waals surface area (Å²) in [5.74, 6) is -5.40. The molecule has 0 unspecified atom stereocenters. The van der Waals surface area contributed by atoms with Gasteiger partial charge in [-0.05, 0) is 51.5 Å². The fourth-order valence-corrected chi connectivity index (χ4v) is 4.21. The number of amides is 5. The summed E-state index contributed by atoms with van der Waals surface area (Å²) < 4.78 is 0. The molecule has 0 aromatic carbocycles. The molecular formula is C27H47N9O8. The average molecular weight is 626 g/mol. The van der Waals surface area contributed by atoms with Gasteiger partial charge in [-0.25, -0.2) is 9.78 Å². The zero-order valence-electron chi connectivity index (χ0n) is 25.4. The minimum absolute atomic E-state index is 0.108. The van der Waals surface area contributed by atoms with Crippen molar-refractivity contribution in [3.8, 4) is 0 Å². The minimum atomic E-state index is -1.68. The SMILES string of the molecule is CC(C)C[C@H](NC(=O)[C@H](CCCCN)NC(=O)[C@@H](N)Cc1cnc[nH]1)C(=O)N[C@@H](CCC(N)=O)C(=O)N[C@H](C(=O)O)[C@@H](C)O. The van der Waals surface area contributed by atoms with E-state index in [0.717, 1.165) is 6.92 Å². The van der Waals surface area contributed by atoms with E-state index in [1.54, 1.807) is 13.8 Å². The van der Waals surface area contributed by atoms with Crippen LogP contribution >= 0.6 is 0 Å². The molecule has 0 saturated carbocycles. The van der Waals surface area contributed by atoms with Crippen LogP contribution in [0.25, 0.3) is 0 Å². The van der Waals surface area contributed by atoms with Crippen molar-refractivity contribution >= 4 is 35.5 Å². The first-order chi connectivity index (χ1) is 20.7. The lowest BCUT2D eigenvalue weighted by atomic mass is 10.0. The van der Waals surface area contributed by atoms with E-state index in [1.165, 1.54) is 12.5 Å². The van der Waals surface area contributed by atoms with E-state index < -0.39 is 71.8 Å². The largest absolute Gasteiger partial charge is 0.480 e. The molecule has 13 N–H and O–H groups in total. The Morgan fingerprint density at radius 3 is 1.98 bits per heavy atom. The highest BCUT2D eigenvalue weighted by Crippen LogP contribution is 2.10. The van der Waals surface area contributed by atoms with Crippen molar-refractivity contribution in [2.75, 3.05) is 6.54 Å². The van der Waals surface area contributed by atoms with Gasteiger partial charge in [-0.1, -0.05) is 13.8 Å². The third kappa shape index (κ3) is 13.9. The van der Waals surface area contributed by atoms with Crippen LogP contribution in [0.4, 0.5) is 0 Å². The van der Waals surface area contributed by atoms with Crippen molar-refractivity contribution in [1.82, 2.24) is 31.2 Å². The monoisotopic (exact) mass is 625 g/mol. The smallest absolute Gasteiger partial charge is 0.328 e. The van der Waals surface area contributed by atoms with Gasteiger partial charge in [0.2, 0.25) is 29.5 Å². The number of rotatable bonds is 21. The first-order valence-electron chi connectivity index (χ1n) is 14.5. The number of nitrogens with zero attached hydrogens (tertiary/aromatic N) is 1. The number of hydrogen-bond donors (Lipinski definition) is 10. The summed E-state index contributed by atoms with van der Waals surface area (Å²) in [6.07, 6.45) is 2.49. The Kier molecular flexibility index (Phi) is 16.6. The summed E-state index contributed by atoms with van der Waals surface area (Å²) in [5.41, 5.74) is 17.5. The topological polar surface area (TPSA) is 298 Å². The Morgan fingerprint density at radius 1 is 0.886 bits per heavy atom. The molecule has 6 atom stereocenters. The number of aliphatic hydroxyl groups excluding tert-OH is 1. The maximum atomic E-state index is 13.4. The van der Waals surface area contributed by atoms with E-state index in [-0.39, 0.29) is 38.0 Å². The zero-order chi connectivity index (χ0) is 33.4. The second-order valence-corrected chi connectivity index (χ2v) is 11.1. The Hall–Kier alpha value is -4.09. The normalized spacial score (nSPS) is 15.2. The van der Waals surface area contributed by atoms with Crippen LogP contribution in [0, 0.1) is 5.92 Å². The lowest BCUT2D eigenvalue weighted by Gasteiger charge is -2.27. The number of imidazole rings is 1. The third-order valence-electron chi connectivity index (χ3n) is 6.61. The van der Waals surface area contributed by atoms with Crippen LogP contribution in [-0.2, 0) is 35.2 Å². The predicted molar refractivity (Wildman–Crippen MR) is 158 cm³/mol. The van der Waals surface area contributed by atoms with E-state index in [4.69, 9.17) is 17.2 Å². The van der Waals surface area contributed by atoms with Gasteiger partial charge in [0.25, 0.3) is 0 Å². The lowest BCUT2D eigenvalue weighted by molar-refractivity contribution is -0.145. The second-order valence-electron chi connectivity index (χ2n) is 11.1. The number of carboxylic acids is 1. The van der Waals surface area contributed by atoms with Gasteiger partial charge in [0.1, 0.15) is 18.1 Å². The summed E-state index contributed by atoms with van der Waals surface area (Å²) in [4.78, 5) is 82.2. The van der Waals surface area contributed by atoms with E-state index in [0.29, 0.717) is 25.1 Å². The number of carboxylic acid groups (broad SMARTS) is 1. The quantitative estimate of drug-likeness (QED) is 0.0619. The number of carbonyl (C=O) groups is 6. The summed E-state index contributed by atoms with van der Waals surface area (Å²) in [5, 5.41) is 28.9. The van der Waals surface area contributed by atoms with Gasteiger partial charge in [0, 0.05) is 24.7 Å². The number of unbranched alkanes of at least 4 members (excludes halogenated alkanes) is 1. The number of hydrogen-bond acceptors (Lipinski definition) is 10. The molecule has 17 heteroatoms. The van der Waals surface area contributed by atoms with Crippen molar-refractivity contribution in [1.29, 1.82) is 0 Å². The highest BCUT2D eigenvalue weighted by atomic mass is 16.4. The molecule has 0 radical (unpaired) electrons. The number of aromatic nitrogens is 2. The van der Waals surface area contributed by atoms with Crippen molar-refractivity contribution < 1.29 is 39.0 Å². The van der Waals surface area contributed by atoms with Gasteiger partial charge in [-0.3, -0.25) is 24.0 Å². The first-order valence-corrected chi connectivity index (χ1v) is 14.5. The van der Waals surface area contributed by atoms with Crippen LogP contribution in [0.2, 0.25) is 0 Å². The molecule has 0 bridgehead atoms. The standard InChI is InChI=1S/C27H47N9O8/c1-14(2)10-20(26(42)34-19(7-8-21(30)38)25(41)36-22(15(3)37)27(43)44)35-24(40)18(6-4-5-9-28)33-23(39)17(29)11-16-12-31-13-32-16/h12-15,17-20,22,37H,4-11,28-29H2,1-3H3,(H2,30,38)(H,31,32)(H,33,39)(H,34,42)(H,35,40)(H,36,41)(H,43,44)/t15-,17+,18+,19+,20+,22+/m1/s1. The van der Waals surface area contributed by atoms with Gasteiger partial charge in [-0.2, -0.15) is 0 Å². The molecule has 1 rings (SSSR count). The molecule has 0 fully saturated rings. The Morgan fingerprint density at radius 2 is 1.45 bits per heavy atom. The Labute approximate surface area is 255 Å². The minimum Gasteiger partial charge on any atom is -0.480 e. The molecular weight excluding hydrogens is 578 g/mol. The fraction of sp³-hybridized carbons (Fsp3) is 0.667. The van der Waals surface area contributed by atoms with E-state index in [1.807, 2.05) is 0 Å². The molecule has 0 spiro atoms. The molecule has 1 aromatic rings.